The van der Waals surface area contributed by atoms with Crippen LogP contribution in [0.4, 0.5) is 0 Å². The molecule has 3 nitrogen and oxygen atoms in total. The first kappa shape index (κ1) is 25.6. The van der Waals surface area contributed by atoms with Crippen molar-refractivity contribution < 1.29 is 0 Å². The predicted octanol–water partition coefficient (Wildman–Crippen LogP) is 12.3. The van der Waals surface area contributed by atoms with Gasteiger partial charge in [-0.2, -0.15) is 0 Å². The van der Waals surface area contributed by atoms with E-state index in [9.17, 15) is 0 Å². The fourth-order valence-corrected chi connectivity index (χ4v) is 9.79. The standard InChI is InChI=1S/C42H23N3S2/c1-2-10-25-23-38-33(21-24(25)9-1)32-22-26(17-20-37(32)46-38)39-31-13-3-6-14-34(31)43-42(44-39)45-35-15-7-4-11-27(35)29-18-19-30-28-12-5-8-16-36(28)47-41(30)40(29)45/h1-23H. The van der Waals surface area contributed by atoms with Crippen molar-refractivity contribution in [2.45, 2.75) is 0 Å². The molecule has 0 aliphatic rings. The number of hydrogen-bond donors (Lipinski definition) is 0. The van der Waals surface area contributed by atoms with Crippen LogP contribution in [0.15, 0.2) is 140 Å². The lowest BCUT2D eigenvalue weighted by atomic mass is 10.0. The predicted molar refractivity (Wildman–Crippen MR) is 203 cm³/mol. The second-order valence-corrected chi connectivity index (χ2v) is 14.3. The Kier molecular flexibility index (Phi) is 5.14. The summed E-state index contributed by atoms with van der Waals surface area (Å²) in [5, 5.41) is 11.1. The number of fused-ring (bicyclic) bond motifs is 12. The lowest BCUT2D eigenvalue weighted by Gasteiger charge is -2.12. The van der Waals surface area contributed by atoms with Crippen LogP contribution in [0.5, 0.6) is 0 Å². The molecule has 5 heteroatoms. The minimum Gasteiger partial charge on any atom is -0.276 e. The third kappa shape index (κ3) is 3.61. The van der Waals surface area contributed by atoms with Gasteiger partial charge in [0.15, 0.2) is 0 Å². The third-order valence-corrected chi connectivity index (χ3v) is 11.9. The molecular weight excluding hydrogens is 611 g/mol. The van der Waals surface area contributed by atoms with E-state index in [-0.39, 0.29) is 0 Å². The number of para-hydroxylation sites is 2. The fourth-order valence-electron chi connectivity index (χ4n) is 7.43. The molecular formula is C42H23N3S2. The van der Waals surface area contributed by atoms with Gasteiger partial charge in [-0.25, -0.2) is 9.97 Å². The van der Waals surface area contributed by atoms with Crippen molar-refractivity contribution in [1.82, 2.24) is 14.5 Å². The highest BCUT2D eigenvalue weighted by Crippen LogP contribution is 2.43. The van der Waals surface area contributed by atoms with E-state index < -0.39 is 0 Å². The molecule has 0 fully saturated rings. The monoisotopic (exact) mass is 633 g/mol. The molecule has 11 rings (SSSR count). The zero-order chi connectivity index (χ0) is 30.6. The first-order valence-electron chi connectivity index (χ1n) is 15.7. The van der Waals surface area contributed by atoms with E-state index in [1.807, 2.05) is 22.7 Å². The Labute approximate surface area is 276 Å². The van der Waals surface area contributed by atoms with Crippen molar-refractivity contribution in [2.24, 2.45) is 0 Å². The molecule has 47 heavy (non-hydrogen) atoms. The van der Waals surface area contributed by atoms with E-state index in [1.54, 1.807) is 0 Å². The van der Waals surface area contributed by atoms with Crippen LogP contribution in [0.25, 0.3) is 101 Å². The zero-order valence-corrected chi connectivity index (χ0v) is 26.6. The maximum absolute atomic E-state index is 5.46. The molecule has 0 aliphatic heterocycles. The van der Waals surface area contributed by atoms with Gasteiger partial charge < -0.3 is 0 Å². The summed E-state index contributed by atoms with van der Waals surface area (Å²) in [7, 11) is 0. The quantitative estimate of drug-likeness (QED) is 0.190. The van der Waals surface area contributed by atoms with Crippen LogP contribution in [0.1, 0.15) is 0 Å². The molecule has 7 aromatic carbocycles. The number of thiophene rings is 2. The summed E-state index contributed by atoms with van der Waals surface area (Å²) >= 11 is 3.70. The smallest absolute Gasteiger partial charge is 0.235 e. The Morgan fingerprint density at radius 1 is 0.447 bits per heavy atom. The van der Waals surface area contributed by atoms with E-state index >= 15 is 0 Å². The van der Waals surface area contributed by atoms with Gasteiger partial charge in [-0.3, -0.25) is 4.57 Å². The van der Waals surface area contributed by atoms with Gasteiger partial charge in [-0.05, 0) is 53.2 Å². The molecule has 0 atom stereocenters. The van der Waals surface area contributed by atoms with Gasteiger partial charge >= 0.3 is 0 Å². The Morgan fingerprint density at radius 2 is 1.15 bits per heavy atom. The maximum atomic E-state index is 5.46. The molecule has 4 aromatic heterocycles. The van der Waals surface area contributed by atoms with Crippen molar-refractivity contribution in [2.75, 3.05) is 0 Å². The average molecular weight is 634 g/mol. The van der Waals surface area contributed by atoms with E-state index in [0.717, 1.165) is 33.2 Å². The highest BCUT2D eigenvalue weighted by Gasteiger charge is 2.21. The topological polar surface area (TPSA) is 30.7 Å². The van der Waals surface area contributed by atoms with Crippen LogP contribution in [0, 0.1) is 0 Å². The average Bonchev–Trinajstić information content (AvgIpc) is 3.79. The maximum Gasteiger partial charge on any atom is 0.235 e. The van der Waals surface area contributed by atoms with Crippen LogP contribution >= 0.6 is 22.7 Å². The van der Waals surface area contributed by atoms with E-state index in [2.05, 4.69) is 144 Å². The molecule has 0 N–H and O–H groups in total. The van der Waals surface area contributed by atoms with Crippen molar-refractivity contribution in [3.05, 3.63) is 140 Å². The highest BCUT2D eigenvalue weighted by atomic mass is 32.1. The van der Waals surface area contributed by atoms with Crippen LogP contribution in [-0.4, -0.2) is 14.5 Å². The van der Waals surface area contributed by atoms with Crippen molar-refractivity contribution in [1.29, 1.82) is 0 Å². The molecule has 0 saturated heterocycles. The van der Waals surface area contributed by atoms with Gasteiger partial charge in [0.1, 0.15) is 0 Å². The summed E-state index contributed by atoms with van der Waals surface area (Å²) in [6, 6.07) is 50.4. The molecule has 4 heterocycles. The first-order chi connectivity index (χ1) is 23.3. The molecule has 11 aromatic rings. The van der Waals surface area contributed by atoms with Gasteiger partial charge in [-0.1, -0.05) is 97.1 Å². The van der Waals surface area contributed by atoms with Crippen molar-refractivity contribution in [3.63, 3.8) is 0 Å². The largest absolute Gasteiger partial charge is 0.276 e. The molecule has 0 bridgehead atoms. The second kappa shape index (κ2) is 9.46. The molecule has 0 spiro atoms. The number of aromatic nitrogens is 3. The third-order valence-electron chi connectivity index (χ3n) is 9.58. The lowest BCUT2D eigenvalue weighted by molar-refractivity contribution is 1.02. The zero-order valence-electron chi connectivity index (χ0n) is 24.9. The van der Waals surface area contributed by atoms with Gasteiger partial charge in [0, 0.05) is 57.4 Å². The molecule has 0 saturated carbocycles. The number of benzene rings is 7. The van der Waals surface area contributed by atoms with Crippen molar-refractivity contribution >= 4 is 106 Å². The normalized spacial score (nSPS) is 12.3. The molecule has 0 unspecified atom stereocenters. The molecule has 218 valence electrons. The second-order valence-electron chi connectivity index (χ2n) is 12.2. The van der Waals surface area contributed by atoms with Crippen LogP contribution in [0.2, 0.25) is 0 Å². The summed E-state index contributed by atoms with van der Waals surface area (Å²) in [4.78, 5) is 10.7. The minimum atomic E-state index is 0.691. The Bertz CT molecular complexity index is 3090. The molecule has 0 aliphatic carbocycles. The van der Waals surface area contributed by atoms with Crippen LogP contribution in [0.3, 0.4) is 0 Å². The Morgan fingerprint density at radius 3 is 2.06 bits per heavy atom. The SMILES string of the molecule is c1ccc2cc3c(cc2c1)sc1ccc(-c2nc(-n4c5ccccc5c5ccc6c7ccccc7sc6c54)nc4ccccc24)cc13. The summed E-state index contributed by atoms with van der Waals surface area (Å²) in [6.45, 7) is 0. The van der Waals surface area contributed by atoms with Crippen molar-refractivity contribution in [3.8, 4) is 17.2 Å². The van der Waals surface area contributed by atoms with Gasteiger partial charge in [0.25, 0.3) is 0 Å². The number of hydrogen-bond acceptors (Lipinski definition) is 4. The van der Waals surface area contributed by atoms with Gasteiger partial charge in [0.05, 0.1) is 26.9 Å². The van der Waals surface area contributed by atoms with E-state index in [4.69, 9.17) is 9.97 Å². The molecule has 0 amide bonds. The van der Waals surface area contributed by atoms with E-state index in [0.29, 0.717) is 5.95 Å². The van der Waals surface area contributed by atoms with Gasteiger partial charge in [-0.15, -0.1) is 22.7 Å². The lowest BCUT2D eigenvalue weighted by Crippen LogP contribution is -2.03. The summed E-state index contributed by atoms with van der Waals surface area (Å²) in [5.74, 6) is 0.691. The van der Waals surface area contributed by atoms with Crippen LogP contribution in [-0.2, 0) is 0 Å². The van der Waals surface area contributed by atoms with Crippen LogP contribution < -0.4 is 0 Å². The number of rotatable bonds is 2. The highest BCUT2D eigenvalue weighted by molar-refractivity contribution is 7.26. The summed E-state index contributed by atoms with van der Waals surface area (Å²) in [5.41, 5.74) is 5.25. The minimum absolute atomic E-state index is 0.691. The van der Waals surface area contributed by atoms with Gasteiger partial charge in [0.2, 0.25) is 5.95 Å². The molecule has 0 radical (unpaired) electrons. The first-order valence-corrected chi connectivity index (χ1v) is 17.4. The summed E-state index contributed by atoms with van der Waals surface area (Å²) in [6.07, 6.45) is 0. The number of nitrogens with zero attached hydrogens (tertiary/aromatic N) is 3. The summed E-state index contributed by atoms with van der Waals surface area (Å²) < 4.78 is 7.43. The Balaban J connectivity index is 1.23. The van der Waals surface area contributed by atoms with E-state index in [1.165, 1.54) is 61.9 Å². The Hall–Kier alpha value is -5.62. The fraction of sp³-hybridized carbons (Fsp3) is 0.